The van der Waals surface area contributed by atoms with Crippen LogP contribution >= 0.6 is 11.3 Å². The summed E-state index contributed by atoms with van der Waals surface area (Å²) in [6, 6.07) is 7.35. The smallest absolute Gasteiger partial charge is 0.237 e. The zero-order valence-electron chi connectivity index (χ0n) is 14.4. The monoisotopic (exact) mass is 378 g/mol. The minimum absolute atomic E-state index is 0.200. The van der Waals surface area contributed by atoms with Crippen molar-refractivity contribution in [2.75, 3.05) is 0 Å². The van der Waals surface area contributed by atoms with Gasteiger partial charge in [-0.2, -0.15) is 0 Å². The molecule has 4 rings (SSSR count). The highest BCUT2D eigenvalue weighted by atomic mass is 32.1. The maximum atomic E-state index is 12.4. The largest absolute Gasteiger partial charge is 0.361 e. The van der Waals surface area contributed by atoms with Gasteiger partial charge < -0.3 is 16.0 Å². The Hall–Kier alpha value is -3.10. The third-order valence-corrected chi connectivity index (χ3v) is 5.14. The summed E-state index contributed by atoms with van der Waals surface area (Å²) in [7, 11) is 0. The number of carbonyl (C=O) groups is 1. The standard InChI is InChI=1S/C19H18N6OS/c20-15(7-12-8-23-16-4-2-1-3-14(12)16)18(26)24-9-13-11-27-19(25-13)17-10-21-5-6-22-17/h1-6,8,10-11,15,23H,7,9,20H2,(H,24,26). The predicted molar refractivity (Wildman–Crippen MR) is 105 cm³/mol. The number of nitrogens with two attached hydrogens (primary N) is 1. The van der Waals surface area contributed by atoms with E-state index in [9.17, 15) is 4.79 Å². The van der Waals surface area contributed by atoms with Crippen molar-refractivity contribution in [1.29, 1.82) is 0 Å². The fourth-order valence-corrected chi connectivity index (χ4v) is 3.63. The number of hydrogen-bond acceptors (Lipinski definition) is 6. The van der Waals surface area contributed by atoms with E-state index in [0.29, 0.717) is 13.0 Å². The third-order valence-electron chi connectivity index (χ3n) is 4.23. The van der Waals surface area contributed by atoms with Crippen molar-refractivity contribution in [2.45, 2.75) is 19.0 Å². The number of carbonyl (C=O) groups excluding carboxylic acids is 1. The predicted octanol–water partition coefficient (Wildman–Crippen LogP) is 2.27. The van der Waals surface area contributed by atoms with E-state index in [1.54, 1.807) is 18.6 Å². The Kier molecular flexibility index (Phi) is 4.91. The number of fused-ring (bicyclic) bond motifs is 1. The molecule has 1 unspecified atom stereocenters. The fraction of sp³-hybridized carbons (Fsp3) is 0.158. The summed E-state index contributed by atoms with van der Waals surface area (Å²) in [6.45, 7) is 0.331. The summed E-state index contributed by atoms with van der Waals surface area (Å²) in [5.41, 5.74) is 9.66. The molecule has 3 aromatic heterocycles. The van der Waals surface area contributed by atoms with E-state index in [1.807, 2.05) is 35.8 Å². The van der Waals surface area contributed by atoms with Crippen molar-refractivity contribution < 1.29 is 4.79 Å². The second-order valence-electron chi connectivity index (χ2n) is 6.12. The molecule has 0 aliphatic rings. The van der Waals surface area contributed by atoms with Gasteiger partial charge in [-0.15, -0.1) is 11.3 Å². The minimum Gasteiger partial charge on any atom is -0.361 e. The van der Waals surface area contributed by atoms with Gasteiger partial charge in [-0.25, -0.2) is 4.98 Å². The highest BCUT2D eigenvalue weighted by Gasteiger charge is 2.16. The Bertz CT molecular complexity index is 1060. The van der Waals surface area contributed by atoms with Gasteiger partial charge in [0.15, 0.2) is 0 Å². The lowest BCUT2D eigenvalue weighted by Gasteiger charge is -2.11. The Balaban J connectivity index is 1.36. The summed E-state index contributed by atoms with van der Waals surface area (Å²) in [5.74, 6) is -0.200. The van der Waals surface area contributed by atoms with Crippen LogP contribution in [0.1, 0.15) is 11.3 Å². The van der Waals surface area contributed by atoms with Crippen molar-refractivity contribution in [3.05, 3.63) is 65.7 Å². The lowest BCUT2D eigenvalue weighted by molar-refractivity contribution is -0.122. The van der Waals surface area contributed by atoms with Gasteiger partial charge in [-0.05, 0) is 18.1 Å². The number of nitrogens with one attached hydrogen (secondary N) is 2. The van der Waals surface area contributed by atoms with Gasteiger partial charge in [-0.1, -0.05) is 18.2 Å². The summed E-state index contributed by atoms with van der Waals surface area (Å²) in [6.07, 6.45) is 7.29. The molecule has 4 aromatic rings. The zero-order valence-corrected chi connectivity index (χ0v) is 15.2. The molecule has 136 valence electrons. The molecule has 8 heteroatoms. The molecule has 0 aliphatic carbocycles. The topological polar surface area (TPSA) is 110 Å². The second kappa shape index (κ2) is 7.65. The molecule has 0 fully saturated rings. The van der Waals surface area contributed by atoms with E-state index in [1.165, 1.54) is 11.3 Å². The highest BCUT2D eigenvalue weighted by Crippen LogP contribution is 2.21. The first-order chi connectivity index (χ1) is 13.2. The number of benzene rings is 1. The molecule has 0 bridgehead atoms. The van der Waals surface area contributed by atoms with Crippen LogP contribution in [-0.4, -0.2) is 31.9 Å². The number of rotatable bonds is 6. The van der Waals surface area contributed by atoms with E-state index < -0.39 is 6.04 Å². The molecule has 0 spiro atoms. The van der Waals surface area contributed by atoms with E-state index in [0.717, 1.165) is 32.9 Å². The lowest BCUT2D eigenvalue weighted by Crippen LogP contribution is -2.41. The average Bonchev–Trinajstić information content (AvgIpc) is 3.34. The van der Waals surface area contributed by atoms with Gasteiger partial charge in [-0.3, -0.25) is 14.8 Å². The first-order valence-electron chi connectivity index (χ1n) is 8.50. The van der Waals surface area contributed by atoms with E-state index >= 15 is 0 Å². The second-order valence-corrected chi connectivity index (χ2v) is 6.98. The summed E-state index contributed by atoms with van der Waals surface area (Å²) in [5, 5.41) is 6.62. The number of aromatic nitrogens is 4. The Morgan fingerprint density at radius 3 is 3.04 bits per heavy atom. The summed E-state index contributed by atoms with van der Waals surface area (Å²) >= 11 is 1.47. The van der Waals surface area contributed by atoms with Crippen LogP contribution < -0.4 is 11.1 Å². The molecule has 0 radical (unpaired) electrons. The number of H-pyrrole nitrogens is 1. The molecule has 4 N–H and O–H groups in total. The van der Waals surface area contributed by atoms with Gasteiger partial charge >= 0.3 is 0 Å². The average molecular weight is 378 g/mol. The number of nitrogens with zero attached hydrogens (tertiary/aromatic N) is 3. The van der Waals surface area contributed by atoms with Crippen LogP contribution in [-0.2, 0) is 17.8 Å². The number of hydrogen-bond donors (Lipinski definition) is 3. The van der Waals surface area contributed by atoms with Gasteiger partial charge in [0.2, 0.25) is 5.91 Å². The molecule has 0 saturated carbocycles. The molecule has 0 aliphatic heterocycles. The first kappa shape index (κ1) is 17.3. The summed E-state index contributed by atoms with van der Waals surface area (Å²) in [4.78, 5) is 28.3. The molecule has 3 heterocycles. The highest BCUT2D eigenvalue weighted by molar-refractivity contribution is 7.13. The number of para-hydroxylation sites is 1. The van der Waals surface area contributed by atoms with E-state index in [4.69, 9.17) is 5.73 Å². The van der Waals surface area contributed by atoms with E-state index in [-0.39, 0.29) is 5.91 Å². The molecule has 7 nitrogen and oxygen atoms in total. The van der Waals surface area contributed by atoms with Crippen LogP contribution in [0.4, 0.5) is 0 Å². The Morgan fingerprint density at radius 2 is 2.19 bits per heavy atom. The van der Waals surface area contributed by atoms with Gasteiger partial charge in [0.25, 0.3) is 0 Å². The molecular formula is C19H18N6OS. The quantitative estimate of drug-likeness (QED) is 0.477. The number of thiazole rings is 1. The Morgan fingerprint density at radius 1 is 1.30 bits per heavy atom. The van der Waals surface area contributed by atoms with Crippen LogP contribution in [0.5, 0.6) is 0 Å². The van der Waals surface area contributed by atoms with Gasteiger partial charge in [0, 0.05) is 34.9 Å². The van der Waals surface area contributed by atoms with Crippen LogP contribution in [0.15, 0.2) is 54.4 Å². The molecule has 1 aromatic carbocycles. The lowest BCUT2D eigenvalue weighted by atomic mass is 10.1. The molecule has 1 amide bonds. The van der Waals surface area contributed by atoms with Crippen LogP contribution in [0, 0.1) is 0 Å². The normalized spacial score (nSPS) is 12.2. The molecule has 0 saturated heterocycles. The van der Waals surface area contributed by atoms with Gasteiger partial charge in [0.1, 0.15) is 10.7 Å². The summed E-state index contributed by atoms with van der Waals surface area (Å²) < 4.78 is 0. The molecule has 27 heavy (non-hydrogen) atoms. The maximum absolute atomic E-state index is 12.4. The van der Waals surface area contributed by atoms with E-state index in [2.05, 4.69) is 25.3 Å². The minimum atomic E-state index is -0.623. The maximum Gasteiger partial charge on any atom is 0.237 e. The van der Waals surface area contributed by atoms with Gasteiger partial charge in [0.05, 0.1) is 24.5 Å². The van der Waals surface area contributed by atoms with Crippen molar-refractivity contribution in [3.8, 4) is 10.7 Å². The Labute approximate surface area is 159 Å². The first-order valence-corrected chi connectivity index (χ1v) is 9.38. The number of amides is 1. The molecular weight excluding hydrogens is 360 g/mol. The molecule has 1 atom stereocenters. The number of aromatic amines is 1. The third kappa shape index (κ3) is 3.86. The van der Waals surface area contributed by atoms with Crippen LogP contribution in [0.2, 0.25) is 0 Å². The van der Waals surface area contributed by atoms with Crippen LogP contribution in [0.3, 0.4) is 0 Å². The van der Waals surface area contributed by atoms with Crippen LogP contribution in [0.25, 0.3) is 21.6 Å². The van der Waals surface area contributed by atoms with Crippen molar-refractivity contribution in [2.24, 2.45) is 5.73 Å². The fourth-order valence-electron chi connectivity index (χ4n) is 2.85. The van der Waals surface area contributed by atoms with Crippen molar-refractivity contribution >= 4 is 28.1 Å². The SMILES string of the molecule is NC(Cc1c[nH]c2ccccc12)C(=O)NCc1csc(-c2cnccn2)n1. The zero-order chi connectivity index (χ0) is 18.6. The van der Waals surface area contributed by atoms with Crippen molar-refractivity contribution in [1.82, 2.24) is 25.3 Å². The van der Waals surface area contributed by atoms with Crippen molar-refractivity contribution in [3.63, 3.8) is 0 Å².